The zero-order chi connectivity index (χ0) is 16.4. The molecule has 0 atom stereocenters. The molecule has 116 valence electrons. The first-order valence-corrected chi connectivity index (χ1v) is 7.20. The van der Waals surface area contributed by atoms with Crippen LogP contribution in [0.4, 0.5) is 9.52 Å². The molecule has 0 spiro atoms. The number of carbonyl (C=O) groups excluding carboxylic acids is 1. The van der Waals surface area contributed by atoms with E-state index in [1.807, 2.05) is 39.9 Å². The number of anilines is 1. The summed E-state index contributed by atoms with van der Waals surface area (Å²) in [5.74, 6) is -0.573. The molecule has 0 fully saturated rings. The average molecular weight is 312 g/mol. The summed E-state index contributed by atoms with van der Waals surface area (Å²) in [6.45, 7) is 4.00. The van der Waals surface area contributed by atoms with E-state index in [0.29, 0.717) is 22.0 Å². The minimum atomic E-state index is -0.573. The van der Waals surface area contributed by atoms with Crippen molar-refractivity contribution in [2.75, 3.05) is 26.9 Å². The smallest absolute Gasteiger partial charge is 0.203 e. The van der Waals surface area contributed by atoms with Gasteiger partial charge in [0.15, 0.2) is 6.29 Å². The van der Waals surface area contributed by atoms with Gasteiger partial charge in [-0.3, -0.25) is 4.79 Å². The van der Waals surface area contributed by atoms with Crippen LogP contribution in [0.15, 0.2) is 18.2 Å². The Bertz CT molecular complexity index is 555. The number of aromatic nitrogens is 2. The van der Waals surface area contributed by atoms with E-state index in [4.69, 9.17) is 5.73 Å². The van der Waals surface area contributed by atoms with E-state index < -0.39 is 5.82 Å². The molecule has 0 aliphatic heterocycles. The van der Waals surface area contributed by atoms with E-state index in [1.165, 1.54) is 12.1 Å². The first kappa shape index (κ1) is 19.1. The van der Waals surface area contributed by atoms with Gasteiger partial charge in [0.05, 0.1) is 5.56 Å². The number of hydrogen-bond donors (Lipinski definition) is 1. The third-order valence-corrected chi connectivity index (χ3v) is 2.62. The van der Waals surface area contributed by atoms with Gasteiger partial charge in [-0.15, -0.1) is 10.2 Å². The summed E-state index contributed by atoms with van der Waals surface area (Å²) in [6.07, 6.45) is 0.466. The molecule has 2 rings (SSSR count). The number of rotatable bonds is 2. The van der Waals surface area contributed by atoms with Gasteiger partial charge in [-0.05, 0) is 33.3 Å². The molecule has 2 N–H and O–H groups in total. The molecular weight excluding hydrogens is 291 g/mol. The summed E-state index contributed by atoms with van der Waals surface area (Å²) < 4.78 is 13.2. The van der Waals surface area contributed by atoms with E-state index >= 15 is 0 Å². The SMILES string of the molecule is CC.CN(C)C.Nc1nnc(-c2ccc(C=O)c(F)c2)s1. The lowest BCUT2D eigenvalue weighted by Gasteiger charge is -1.97. The molecule has 0 unspecified atom stereocenters. The van der Waals surface area contributed by atoms with E-state index in [1.54, 1.807) is 6.07 Å². The molecule has 0 radical (unpaired) electrons. The van der Waals surface area contributed by atoms with Crippen LogP contribution < -0.4 is 5.73 Å². The minimum absolute atomic E-state index is 0.0243. The highest BCUT2D eigenvalue weighted by atomic mass is 32.1. The van der Waals surface area contributed by atoms with Crippen LogP contribution in [0.5, 0.6) is 0 Å². The molecule has 0 aliphatic rings. The maximum absolute atomic E-state index is 13.2. The summed E-state index contributed by atoms with van der Waals surface area (Å²) in [5.41, 5.74) is 5.99. The molecule has 0 amide bonds. The van der Waals surface area contributed by atoms with Crippen molar-refractivity contribution in [2.45, 2.75) is 13.8 Å². The van der Waals surface area contributed by atoms with Gasteiger partial charge in [0.2, 0.25) is 5.13 Å². The molecule has 0 aliphatic carbocycles. The number of nitrogen functional groups attached to an aromatic ring is 1. The van der Waals surface area contributed by atoms with Crippen LogP contribution in [0.3, 0.4) is 0 Å². The largest absolute Gasteiger partial charge is 0.374 e. The molecule has 5 nitrogen and oxygen atoms in total. The molecule has 1 aromatic carbocycles. The lowest BCUT2D eigenvalue weighted by atomic mass is 10.1. The summed E-state index contributed by atoms with van der Waals surface area (Å²) in [6, 6.07) is 4.24. The van der Waals surface area contributed by atoms with Crippen molar-refractivity contribution < 1.29 is 9.18 Å². The Morgan fingerprint density at radius 1 is 1.24 bits per heavy atom. The number of nitrogens with two attached hydrogens (primary N) is 1. The van der Waals surface area contributed by atoms with Crippen LogP contribution in [-0.2, 0) is 0 Å². The van der Waals surface area contributed by atoms with E-state index in [2.05, 4.69) is 10.2 Å². The molecule has 0 saturated heterocycles. The van der Waals surface area contributed by atoms with Crippen LogP contribution in [-0.4, -0.2) is 42.5 Å². The van der Waals surface area contributed by atoms with Gasteiger partial charge in [-0.1, -0.05) is 31.3 Å². The van der Waals surface area contributed by atoms with E-state index in [0.717, 1.165) is 11.3 Å². The highest BCUT2D eigenvalue weighted by Gasteiger charge is 2.07. The summed E-state index contributed by atoms with van der Waals surface area (Å²) in [4.78, 5) is 12.4. The molecule has 7 heteroatoms. The predicted octanol–water partition coefficient (Wildman–Crippen LogP) is 2.94. The maximum atomic E-state index is 13.2. The first-order chi connectivity index (χ1) is 9.93. The highest BCUT2D eigenvalue weighted by molar-refractivity contribution is 7.18. The fraction of sp³-hybridized carbons (Fsp3) is 0.357. The Balaban J connectivity index is 0.000000579. The number of carbonyl (C=O) groups is 1. The van der Waals surface area contributed by atoms with Gasteiger partial charge >= 0.3 is 0 Å². The Morgan fingerprint density at radius 2 is 1.81 bits per heavy atom. The molecule has 21 heavy (non-hydrogen) atoms. The molecule has 2 aromatic rings. The fourth-order valence-electron chi connectivity index (χ4n) is 1.11. The van der Waals surface area contributed by atoms with Gasteiger partial charge in [-0.25, -0.2) is 4.39 Å². The standard InChI is InChI=1S/C9H6FN3OS.C3H9N.C2H6/c10-7-3-5(1-2-6(7)4-14)8-12-13-9(11)15-8;1-4(2)3;1-2/h1-4H,(H2,11,13);1-3H3;1-2H3. The normalized spacial score (nSPS) is 9.29. The molecule has 0 saturated carbocycles. The van der Waals surface area contributed by atoms with Crippen LogP contribution in [0.1, 0.15) is 24.2 Å². The second-order valence-corrected chi connectivity index (χ2v) is 5.15. The summed E-state index contributed by atoms with van der Waals surface area (Å²) in [7, 11) is 6.00. The topological polar surface area (TPSA) is 72.1 Å². The number of hydrogen-bond acceptors (Lipinski definition) is 6. The van der Waals surface area contributed by atoms with Crippen molar-refractivity contribution in [1.29, 1.82) is 0 Å². The third kappa shape index (κ3) is 6.92. The van der Waals surface area contributed by atoms with Gasteiger partial charge < -0.3 is 10.6 Å². The number of halogens is 1. The molecule has 1 aromatic heterocycles. The van der Waals surface area contributed by atoms with Crippen molar-refractivity contribution in [3.05, 3.63) is 29.6 Å². The zero-order valence-electron chi connectivity index (χ0n) is 12.9. The summed E-state index contributed by atoms with van der Waals surface area (Å²) in [5, 5.41) is 8.25. The predicted molar refractivity (Wildman–Crippen MR) is 86.1 cm³/mol. The van der Waals surface area contributed by atoms with Gasteiger partial charge in [0, 0.05) is 5.56 Å². The molecule has 0 bridgehead atoms. The zero-order valence-corrected chi connectivity index (χ0v) is 13.7. The fourth-order valence-corrected chi connectivity index (χ4v) is 1.71. The number of nitrogens with zero attached hydrogens (tertiary/aromatic N) is 3. The third-order valence-electron chi connectivity index (χ3n) is 1.81. The first-order valence-electron chi connectivity index (χ1n) is 6.39. The number of aldehydes is 1. The van der Waals surface area contributed by atoms with Crippen LogP contribution in [0.2, 0.25) is 0 Å². The van der Waals surface area contributed by atoms with Crippen LogP contribution in [0, 0.1) is 5.82 Å². The number of benzene rings is 1. The second-order valence-electron chi connectivity index (χ2n) is 4.14. The molecular formula is C14H21FN4OS. The van der Waals surface area contributed by atoms with Crippen LogP contribution in [0.25, 0.3) is 10.6 Å². The molecule has 1 heterocycles. The van der Waals surface area contributed by atoms with E-state index in [9.17, 15) is 9.18 Å². The van der Waals surface area contributed by atoms with Gasteiger partial charge in [0.25, 0.3) is 0 Å². The second kappa shape index (κ2) is 9.95. The maximum Gasteiger partial charge on any atom is 0.203 e. The summed E-state index contributed by atoms with van der Waals surface area (Å²) >= 11 is 1.16. The lowest BCUT2D eigenvalue weighted by Crippen LogP contribution is -1.99. The monoisotopic (exact) mass is 312 g/mol. The quantitative estimate of drug-likeness (QED) is 0.863. The van der Waals surface area contributed by atoms with Gasteiger partial charge in [-0.2, -0.15) is 0 Å². The van der Waals surface area contributed by atoms with Crippen molar-refractivity contribution in [1.82, 2.24) is 15.1 Å². The Hall–Kier alpha value is -1.86. The van der Waals surface area contributed by atoms with Crippen LogP contribution >= 0.6 is 11.3 Å². The Kier molecular flexibility index (Phi) is 9.07. The average Bonchev–Trinajstić information content (AvgIpc) is 2.87. The van der Waals surface area contributed by atoms with E-state index in [-0.39, 0.29) is 5.56 Å². The minimum Gasteiger partial charge on any atom is -0.374 e. The van der Waals surface area contributed by atoms with Crippen molar-refractivity contribution in [3.63, 3.8) is 0 Å². The lowest BCUT2D eigenvalue weighted by molar-refractivity contribution is 0.112. The van der Waals surface area contributed by atoms with Crippen molar-refractivity contribution >= 4 is 22.8 Å². The van der Waals surface area contributed by atoms with Gasteiger partial charge in [0.1, 0.15) is 10.8 Å². The van der Waals surface area contributed by atoms with Crippen molar-refractivity contribution in [3.8, 4) is 10.6 Å². The Labute approximate surface area is 128 Å². The Morgan fingerprint density at radius 3 is 2.19 bits per heavy atom. The highest BCUT2D eigenvalue weighted by Crippen LogP contribution is 2.25. The van der Waals surface area contributed by atoms with Crippen molar-refractivity contribution in [2.24, 2.45) is 0 Å².